The zero-order valence-corrected chi connectivity index (χ0v) is 16.9. The minimum atomic E-state index is -0.810. The van der Waals surface area contributed by atoms with Crippen LogP contribution in [0.4, 0.5) is 10.5 Å². The third-order valence-corrected chi connectivity index (χ3v) is 3.71. The molecule has 0 unspecified atom stereocenters. The minimum Gasteiger partial charge on any atom is -0.504 e. The number of carbonyl (C=O) groups is 2. The monoisotopic (exact) mass is 363 g/mol. The van der Waals surface area contributed by atoms with E-state index in [2.05, 4.69) is 30.8 Å². The van der Waals surface area contributed by atoms with Gasteiger partial charge in [0.15, 0.2) is 0 Å². The second kappa shape index (κ2) is 8.25. The van der Waals surface area contributed by atoms with Crippen LogP contribution in [0.15, 0.2) is 24.5 Å². The van der Waals surface area contributed by atoms with Gasteiger partial charge in [-0.2, -0.15) is 0 Å². The van der Waals surface area contributed by atoms with Gasteiger partial charge in [-0.3, -0.25) is 4.79 Å². The van der Waals surface area contributed by atoms with Crippen molar-refractivity contribution in [2.24, 2.45) is 0 Å². The van der Waals surface area contributed by atoms with E-state index >= 15 is 0 Å². The molecule has 1 aromatic rings. The van der Waals surface area contributed by atoms with Crippen molar-refractivity contribution >= 4 is 17.7 Å². The van der Waals surface area contributed by atoms with Crippen LogP contribution in [0.5, 0.6) is 5.75 Å². The van der Waals surface area contributed by atoms with Crippen molar-refractivity contribution in [2.75, 3.05) is 19.5 Å². The fraction of sp³-hybridized carbons (Fsp3) is 0.500. The van der Waals surface area contributed by atoms with Gasteiger partial charge in [0.25, 0.3) is 5.91 Å². The molecule has 1 amide bonds. The van der Waals surface area contributed by atoms with Crippen molar-refractivity contribution in [1.82, 2.24) is 0 Å². The Hall–Kier alpha value is -2.50. The van der Waals surface area contributed by atoms with Gasteiger partial charge in [-0.25, -0.2) is 4.79 Å². The predicted octanol–water partition coefficient (Wildman–Crippen LogP) is 4.53. The van der Waals surface area contributed by atoms with Crippen molar-refractivity contribution in [3.63, 3.8) is 0 Å². The van der Waals surface area contributed by atoms with Gasteiger partial charge in [-0.1, -0.05) is 41.5 Å². The van der Waals surface area contributed by atoms with Crippen LogP contribution < -0.4 is 10.1 Å². The minimum absolute atomic E-state index is 0.239. The maximum absolute atomic E-state index is 12.1. The Kier molecular flexibility index (Phi) is 6.84. The van der Waals surface area contributed by atoms with Gasteiger partial charge >= 0.3 is 6.16 Å². The molecule has 144 valence electrons. The molecule has 26 heavy (non-hydrogen) atoms. The molecule has 6 heteroatoms. The van der Waals surface area contributed by atoms with E-state index in [4.69, 9.17) is 9.47 Å². The van der Waals surface area contributed by atoms with Gasteiger partial charge in [-0.15, -0.1) is 0 Å². The summed E-state index contributed by atoms with van der Waals surface area (Å²) in [7, 11) is 2.71. The highest BCUT2D eigenvalue weighted by Crippen LogP contribution is 2.40. The predicted molar refractivity (Wildman–Crippen MR) is 102 cm³/mol. The standard InChI is InChI=1S/C20H29NO5/c1-19(2,3)13-11-14(20(4,5)6)16(26-18(23)25-8)12-15(13)21-17(22)9-10-24-7/h9-12H,1-8H3,(H,21,22). The van der Waals surface area contributed by atoms with E-state index in [1.54, 1.807) is 6.07 Å². The molecule has 0 spiro atoms. The van der Waals surface area contributed by atoms with Crippen LogP contribution in [0.25, 0.3) is 0 Å². The Morgan fingerprint density at radius 1 is 0.962 bits per heavy atom. The number of methoxy groups -OCH3 is 2. The van der Waals surface area contributed by atoms with Crippen molar-refractivity contribution in [1.29, 1.82) is 0 Å². The Morgan fingerprint density at radius 3 is 2.00 bits per heavy atom. The Balaban J connectivity index is 3.54. The second-order valence-corrected chi connectivity index (χ2v) is 7.98. The lowest BCUT2D eigenvalue weighted by atomic mass is 9.79. The molecule has 0 bridgehead atoms. The van der Waals surface area contributed by atoms with Gasteiger partial charge in [0.05, 0.1) is 20.5 Å². The summed E-state index contributed by atoms with van der Waals surface area (Å²) in [5.74, 6) is 0.00764. The maximum atomic E-state index is 12.1. The number of hydrogen-bond acceptors (Lipinski definition) is 5. The van der Waals surface area contributed by atoms with E-state index in [-0.39, 0.29) is 16.7 Å². The first-order chi connectivity index (χ1) is 11.9. The summed E-state index contributed by atoms with van der Waals surface area (Å²) in [6.07, 6.45) is 1.77. The third kappa shape index (κ3) is 5.79. The number of hydrogen-bond donors (Lipinski definition) is 1. The van der Waals surface area contributed by atoms with Crippen LogP contribution in [-0.2, 0) is 25.1 Å². The normalized spacial score (nSPS) is 12.0. The molecule has 0 fully saturated rings. The number of rotatable bonds is 4. The Labute approximate surface area is 155 Å². The molecule has 0 atom stereocenters. The highest BCUT2D eigenvalue weighted by molar-refractivity contribution is 6.00. The molecule has 6 nitrogen and oxygen atoms in total. The number of benzene rings is 1. The van der Waals surface area contributed by atoms with Gasteiger partial charge in [-0.05, 0) is 22.5 Å². The number of carbonyl (C=O) groups excluding carboxylic acids is 2. The summed E-state index contributed by atoms with van der Waals surface area (Å²) >= 11 is 0. The molecule has 0 saturated carbocycles. The van der Waals surface area contributed by atoms with Crippen LogP contribution in [0.3, 0.4) is 0 Å². The van der Waals surface area contributed by atoms with Crippen LogP contribution >= 0.6 is 0 Å². The Morgan fingerprint density at radius 2 is 1.54 bits per heavy atom. The summed E-state index contributed by atoms with van der Waals surface area (Å²) in [6, 6.07) is 3.63. The number of amides is 1. The molecule has 0 aliphatic heterocycles. The van der Waals surface area contributed by atoms with Crippen molar-refractivity contribution < 1.29 is 23.8 Å². The molecule has 1 aromatic carbocycles. The highest BCUT2D eigenvalue weighted by Gasteiger charge is 2.27. The van der Waals surface area contributed by atoms with Gasteiger partial charge in [0, 0.05) is 23.4 Å². The lowest BCUT2D eigenvalue weighted by Gasteiger charge is -2.29. The first kappa shape index (κ1) is 21.5. The highest BCUT2D eigenvalue weighted by atomic mass is 16.7. The molecular weight excluding hydrogens is 334 g/mol. The lowest BCUT2D eigenvalue weighted by Crippen LogP contribution is -2.22. The molecule has 0 heterocycles. The summed E-state index contributed by atoms with van der Waals surface area (Å²) in [5.41, 5.74) is 1.83. The van der Waals surface area contributed by atoms with E-state index < -0.39 is 6.16 Å². The molecule has 0 aliphatic rings. The first-order valence-electron chi connectivity index (χ1n) is 8.35. The van der Waals surface area contributed by atoms with E-state index in [1.165, 1.54) is 26.6 Å². The van der Waals surface area contributed by atoms with Crippen LogP contribution in [0.2, 0.25) is 0 Å². The maximum Gasteiger partial charge on any atom is 0.513 e. The second-order valence-electron chi connectivity index (χ2n) is 7.98. The van der Waals surface area contributed by atoms with Gasteiger partial charge in [0.1, 0.15) is 5.75 Å². The van der Waals surface area contributed by atoms with E-state index in [1.807, 2.05) is 26.8 Å². The summed E-state index contributed by atoms with van der Waals surface area (Å²) < 4.78 is 14.7. The average Bonchev–Trinajstić information content (AvgIpc) is 2.50. The van der Waals surface area contributed by atoms with Crippen molar-refractivity contribution in [3.8, 4) is 5.75 Å². The average molecular weight is 363 g/mol. The van der Waals surface area contributed by atoms with Gasteiger partial charge < -0.3 is 19.5 Å². The molecule has 0 aliphatic carbocycles. The number of anilines is 1. The smallest absolute Gasteiger partial charge is 0.504 e. The first-order valence-corrected chi connectivity index (χ1v) is 8.35. The van der Waals surface area contributed by atoms with Crippen molar-refractivity contribution in [3.05, 3.63) is 35.6 Å². The Bertz CT molecular complexity index is 693. The lowest BCUT2D eigenvalue weighted by molar-refractivity contribution is -0.112. The van der Waals surface area contributed by atoms with E-state index in [0.717, 1.165) is 11.1 Å². The van der Waals surface area contributed by atoms with E-state index in [9.17, 15) is 9.59 Å². The van der Waals surface area contributed by atoms with Crippen LogP contribution in [0.1, 0.15) is 52.7 Å². The fourth-order valence-electron chi connectivity index (χ4n) is 2.41. The largest absolute Gasteiger partial charge is 0.513 e. The van der Waals surface area contributed by atoms with Gasteiger partial charge in [0.2, 0.25) is 0 Å². The molecule has 0 aromatic heterocycles. The van der Waals surface area contributed by atoms with Crippen LogP contribution in [0, 0.1) is 0 Å². The quantitative estimate of drug-likeness (QED) is 0.368. The summed E-state index contributed by atoms with van der Waals surface area (Å²) in [5, 5.41) is 2.82. The molecule has 1 rings (SSSR count). The molecular formula is C20H29NO5. The molecule has 0 saturated heterocycles. The SMILES string of the molecule is COC=CC(=O)Nc1cc(OC(=O)OC)c(C(C)(C)C)cc1C(C)(C)C. The van der Waals surface area contributed by atoms with Crippen molar-refractivity contribution in [2.45, 2.75) is 52.4 Å². The third-order valence-electron chi connectivity index (χ3n) is 3.71. The van der Waals surface area contributed by atoms with E-state index in [0.29, 0.717) is 11.4 Å². The fourth-order valence-corrected chi connectivity index (χ4v) is 2.41. The molecule has 0 radical (unpaired) electrons. The zero-order valence-electron chi connectivity index (χ0n) is 16.9. The van der Waals surface area contributed by atoms with Crippen LogP contribution in [-0.4, -0.2) is 26.3 Å². The number of nitrogens with one attached hydrogen (secondary N) is 1. The number of ether oxygens (including phenoxy) is 3. The summed E-state index contributed by atoms with van der Waals surface area (Å²) in [4.78, 5) is 23.8. The molecule has 1 N–H and O–H groups in total. The topological polar surface area (TPSA) is 73.9 Å². The summed E-state index contributed by atoms with van der Waals surface area (Å²) in [6.45, 7) is 12.2. The zero-order chi connectivity index (χ0) is 20.1.